The van der Waals surface area contributed by atoms with E-state index in [1.165, 1.54) is 17.7 Å². The van der Waals surface area contributed by atoms with Gasteiger partial charge >= 0.3 is 0 Å². The monoisotopic (exact) mass is 337 g/mol. The molecule has 0 bridgehead atoms. The summed E-state index contributed by atoms with van der Waals surface area (Å²) in [6.45, 7) is 4.98. The number of aliphatic hydroxyl groups is 1. The molecule has 25 heavy (non-hydrogen) atoms. The van der Waals surface area contributed by atoms with Crippen LogP contribution in [0.15, 0.2) is 53.3 Å². The number of benzene rings is 2. The average Bonchev–Trinajstić information content (AvgIpc) is 2.61. The van der Waals surface area contributed by atoms with Crippen LogP contribution in [0.25, 0.3) is 10.9 Å². The van der Waals surface area contributed by atoms with E-state index >= 15 is 0 Å². The molecule has 3 rings (SSSR count). The number of pyridine rings is 1. The van der Waals surface area contributed by atoms with Crippen LogP contribution in [0.1, 0.15) is 22.8 Å². The van der Waals surface area contributed by atoms with Crippen molar-refractivity contribution in [1.29, 1.82) is 0 Å². The van der Waals surface area contributed by atoms with Crippen molar-refractivity contribution >= 4 is 10.9 Å². The van der Waals surface area contributed by atoms with E-state index < -0.39 is 6.10 Å². The van der Waals surface area contributed by atoms with Gasteiger partial charge in [-0.15, -0.1) is 0 Å². The van der Waals surface area contributed by atoms with Crippen molar-refractivity contribution in [2.24, 2.45) is 0 Å². The van der Waals surface area contributed by atoms with Gasteiger partial charge in [-0.1, -0.05) is 30.3 Å². The summed E-state index contributed by atoms with van der Waals surface area (Å²) in [5.74, 6) is -0.00882. The highest BCUT2D eigenvalue weighted by atomic mass is 16.3. The van der Waals surface area contributed by atoms with E-state index in [2.05, 4.69) is 17.2 Å². The van der Waals surface area contributed by atoms with Gasteiger partial charge in [0.15, 0.2) is 0 Å². The maximum atomic E-state index is 11.4. The maximum Gasteiger partial charge on any atom is 0.248 e. The van der Waals surface area contributed by atoms with Crippen LogP contribution < -0.4 is 10.9 Å². The molecule has 0 unspecified atom stereocenters. The summed E-state index contributed by atoms with van der Waals surface area (Å²) in [7, 11) is 0. The molecule has 0 saturated carbocycles. The molecule has 4 N–H and O–H groups in total. The Hall–Kier alpha value is -2.63. The zero-order valence-electron chi connectivity index (χ0n) is 13.8. The number of phenols is 1. The molecule has 5 heteroatoms. The van der Waals surface area contributed by atoms with Gasteiger partial charge in [-0.3, -0.25) is 4.79 Å². The molecule has 0 saturated heterocycles. The fourth-order valence-corrected chi connectivity index (χ4v) is 2.84. The topological polar surface area (TPSA) is 85.3 Å². The van der Waals surface area contributed by atoms with Crippen molar-refractivity contribution in [3.05, 3.63) is 82.5 Å². The number of aromatic nitrogens is 1. The number of rotatable bonds is 6. The zero-order chi connectivity index (χ0) is 17.8. The Labute approximate surface area is 146 Å². The molecule has 5 nitrogen and oxygen atoms in total. The van der Waals surface area contributed by atoms with Gasteiger partial charge in [0.05, 0.1) is 11.6 Å². The Morgan fingerprint density at radius 1 is 1.08 bits per heavy atom. The maximum absolute atomic E-state index is 11.4. The normalized spacial score (nSPS) is 12.4. The summed E-state index contributed by atoms with van der Waals surface area (Å²) in [5, 5.41) is 24.2. The standard InChI is InChI=1S/C20H21N2O3/c1-13-2-4-14(5-3-13)10-11-21-12-18(24)15-6-8-17(23)20-16(15)7-9-19(25)22-20/h2-9,18,21,23-24H,1,10-12H2,(H,22,25)/t18-/m0/s1. The first-order valence-electron chi connectivity index (χ1n) is 8.19. The minimum atomic E-state index is -0.740. The zero-order valence-corrected chi connectivity index (χ0v) is 13.8. The summed E-state index contributed by atoms with van der Waals surface area (Å²) in [6.07, 6.45) is 0.118. The quantitative estimate of drug-likeness (QED) is 0.520. The van der Waals surface area contributed by atoms with Crippen molar-refractivity contribution < 1.29 is 10.2 Å². The number of fused-ring (bicyclic) bond motifs is 1. The number of hydrogen-bond donors (Lipinski definition) is 4. The van der Waals surface area contributed by atoms with Crippen LogP contribution in [0.4, 0.5) is 0 Å². The number of aromatic hydroxyl groups is 1. The van der Waals surface area contributed by atoms with Gasteiger partial charge < -0.3 is 20.5 Å². The van der Waals surface area contributed by atoms with Gasteiger partial charge in [-0.05, 0) is 48.7 Å². The molecule has 1 radical (unpaired) electrons. The SMILES string of the molecule is [CH2]c1ccc(CCNC[C@H](O)c2ccc(O)c3[nH]c(=O)ccc23)cc1. The highest BCUT2D eigenvalue weighted by Crippen LogP contribution is 2.28. The molecule has 2 aromatic carbocycles. The second kappa shape index (κ2) is 7.51. The second-order valence-electron chi connectivity index (χ2n) is 6.07. The first kappa shape index (κ1) is 17.2. The van der Waals surface area contributed by atoms with Crippen LogP contribution in [0.2, 0.25) is 0 Å². The van der Waals surface area contributed by atoms with Crippen molar-refractivity contribution in [3.63, 3.8) is 0 Å². The molecule has 0 spiro atoms. The van der Waals surface area contributed by atoms with Crippen molar-refractivity contribution in [2.75, 3.05) is 13.1 Å². The summed E-state index contributed by atoms with van der Waals surface area (Å²) < 4.78 is 0. The summed E-state index contributed by atoms with van der Waals surface area (Å²) in [5.41, 5.74) is 2.92. The Morgan fingerprint density at radius 3 is 2.60 bits per heavy atom. The van der Waals surface area contributed by atoms with Crippen LogP contribution in [-0.2, 0) is 6.42 Å². The van der Waals surface area contributed by atoms with Crippen LogP contribution in [0.3, 0.4) is 0 Å². The molecule has 1 aromatic heterocycles. The average molecular weight is 337 g/mol. The van der Waals surface area contributed by atoms with Gasteiger partial charge in [0.25, 0.3) is 0 Å². The molecule has 0 aliphatic rings. The first-order valence-corrected chi connectivity index (χ1v) is 8.19. The summed E-state index contributed by atoms with van der Waals surface area (Å²) in [6, 6.07) is 14.2. The lowest BCUT2D eigenvalue weighted by Gasteiger charge is -2.15. The number of H-pyrrole nitrogens is 1. The third-order valence-electron chi connectivity index (χ3n) is 4.22. The molecule has 1 atom stereocenters. The van der Waals surface area contributed by atoms with Crippen molar-refractivity contribution in [1.82, 2.24) is 10.3 Å². The fourth-order valence-electron chi connectivity index (χ4n) is 2.84. The number of aliphatic hydroxyl groups excluding tert-OH is 1. The molecule has 0 aliphatic carbocycles. The molecular formula is C20H21N2O3. The third-order valence-corrected chi connectivity index (χ3v) is 4.22. The Morgan fingerprint density at radius 2 is 1.84 bits per heavy atom. The van der Waals surface area contributed by atoms with Crippen LogP contribution in [-0.4, -0.2) is 28.3 Å². The third kappa shape index (κ3) is 4.07. The molecule has 1 heterocycles. The van der Waals surface area contributed by atoms with E-state index in [9.17, 15) is 15.0 Å². The van der Waals surface area contributed by atoms with Crippen molar-refractivity contribution in [3.8, 4) is 5.75 Å². The minimum Gasteiger partial charge on any atom is -0.506 e. The van der Waals surface area contributed by atoms with Gasteiger partial charge in [0, 0.05) is 18.0 Å². The van der Waals surface area contributed by atoms with E-state index in [1.807, 2.05) is 24.3 Å². The van der Waals surface area contributed by atoms with Gasteiger partial charge in [-0.25, -0.2) is 0 Å². The summed E-state index contributed by atoms with van der Waals surface area (Å²) in [4.78, 5) is 14.0. The predicted molar refractivity (Wildman–Crippen MR) is 98.7 cm³/mol. The van der Waals surface area contributed by atoms with E-state index in [1.54, 1.807) is 12.1 Å². The number of phenolic OH excluding ortho intramolecular Hbond substituents is 1. The highest BCUT2D eigenvalue weighted by Gasteiger charge is 2.13. The highest BCUT2D eigenvalue weighted by molar-refractivity contribution is 5.87. The van der Waals surface area contributed by atoms with E-state index in [-0.39, 0.29) is 11.3 Å². The summed E-state index contributed by atoms with van der Waals surface area (Å²) >= 11 is 0. The second-order valence-corrected chi connectivity index (χ2v) is 6.07. The Kier molecular flexibility index (Phi) is 5.16. The van der Waals surface area contributed by atoms with E-state index in [0.717, 1.165) is 18.5 Å². The largest absolute Gasteiger partial charge is 0.506 e. The Balaban J connectivity index is 1.64. The van der Waals surface area contributed by atoms with Crippen LogP contribution in [0, 0.1) is 6.92 Å². The Bertz CT molecular complexity index is 916. The van der Waals surface area contributed by atoms with E-state index in [4.69, 9.17) is 0 Å². The number of hydrogen-bond acceptors (Lipinski definition) is 4. The number of nitrogens with one attached hydrogen (secondary N) is 2. The predicted octanol–water partition coefficient (Wildman–Crippen LogP) is 2.28. The lowest BCUT2D eigenvalue weighted by Crippen LogP contribution is -2.24. The van der Waals surface area contributed by atoms with Crippen LogP contribution in [0.5, 0.6) is 5.75 Å². The molecule has 3 aromatic rings. The molecule has 129 valence electrons. The van der Waals surface area contributed by atoms with E-state index in [0.29, 0.717) is 23.0 Å². The first-order chi connectivity index (χ1) is 12.0. The lowest BCUT2D eigenvalue weighted by atomic mass is 10.0. The molecular weight excluding hydrogens is 316 g/mol. The minimum absolute atomic E-state index is 0.00882. The molecule has 0 aliphatic heterocycles. The van der Waals surface area contributed by atoms with Gasteiger partial charge in [0.1, 0.15) is 5.75 Å². The van der Waals surface area contributed by atoms with Gasteiger partial charge in [-0.2, -0.15) is 0 Å². The molecule has 0 amide bonds. The van der Waals surface area contributed by atoms with Gasteiger partial charge in [0.2, 0.25) is 5.56 Å². The number of aromatic amines is 1. The lowest BCUT2D eigenvalue weighted by molar-refractivity contribution is 0.176. The molecule has 0 fully saturated rings. The smallest absolute Gasteiger partial charge is 0.248 e. The van der Waals surface area contributed by atoms with Crippen LogP contribution >= 0.6 is 0 Å². The van der Waals surface area contributed by atoms with Crippen molar-refractivity contribution in [2.45, 2.75) is 12.5 Å². The fraction of sp³-hybridized carbons (Fsp3) is 0.200.